The Labute approximate surface area is 75.9 Å². The van der Waals surface area contributed by atoms with E-state index in [1.807, 2.05) is 0 Å². The molecule has 0 aliphatic rings. The van der Waals surface area contributed by atoms with Crippen LogP contribution < -0.4 is 10.2 Å². The van der Waals surface area contributed by atoms with Gasteiger partial charge in [0.15, 0.2) is 0 Å². The van der Waals surface area contributed by atoms with Gasteiger partial charge in [0.1, 0.15) is 19.0 Å². The summed E-state index contributed by atoms with van der Waals surface area (Å²) in [5.41, 5.74) is 0.382. The van der Waals surface area contributed by atoms with E-state index in [0.29, 0.717) is 11.2 Å². The highest BCUT2D eigenvalue weighted by Gasteiger charge is 2.09. The van der Waals surface area contributed by atoms with Crippen molar-refractivity contribution in [3.05, 3.63) is 24.3 Å². The number of hydrogen-bond donors (Lipinski definition) is 2. The third kappa shape index (κ3) is 3.04. The minimum absolute atomic E-state index is 0.0149. The van der Waals surface area contributed by atoms with Crippen LogP contribution in [0.25, 0.3) is 0 Å². The Morgan fingerprint density at radius 2 is 1.85 bits per heavy atom. The van der Waals surface area contributed by atoms with Crippen molar-refractivity contribution in [2.75, 3.05) is 13.3 Å². The van der Waals surface area contributed by atoms with Crippen molar-refractivity contribution < 1.29 is 19.2 Å². The first-order chi connectivity index (χ1) is 6.24. The van der Waals surface area contributed by atoms with Gasteiger partial charge in [-0.15, -0.1) is 0 Å². The molecule has 70 valence electrons. The molecule has 3 nitrogen and oxygen atoms in total. The van der Waals surface area contributed by atoms with E-state index in [4.69, 9.17) is 14.8 Å². The van der Waals surface area contributed by atoms with Crippen molar-refractivity contribution in [1.29, 1.82) is 0 Å². The summed E-state index contributed by atoms with van der Waals surface area (Å²) in [6.07, 6.45) is 0. The van der Waals surface area contributed by atoms with E-state index in [1.54, 1.807) is 12.1 Å². The van der Waals surface area contributed by atoms with E-state index in [-0.39, 0.29) is 6.61 Å². The smallest absolute Gasteiger partial charge is 0.488 e. The topological polar surface area (TPSA) is 49.7 Å². The van der Waals surface area contributed by atoms with Gasteiger partial charge in [-0.3, -0.25) is 0 Å². The van der Waals surface area contributed by atoms with E-state index in [0.717, 1.165) is 0 Å². The summed E-state index contributed by atoms with van der Waals surface area (Å²) < 4.78 is 16.6. The first-order valence-corrected chi connectivity index (χ1v) is 3.89. The van der Waals surface area contributed by atoms with Crippen LogP contribution in [0.2, 0.25) is 0 Å². The van der Waals surface area contributed by atoms with E-state index >= 15 is 0 Å². The predicted molar refractivity (Wildman–Crippen MR) is 47.7 cm³/mol. The second-order valence-electron chi connectivity index (χ2n) is 2.48. The second-order valence-corrected chi connectivity index (χ2v) is 2.48. The summed E-state index contributed by atoms with van der Waals surface area (Å²) in [7, 11) is -1.48. The zero-order valence-corrected chi connectivity index (χ0v) is 6.98. The fourth-order valence-electron chi connectivity index (χ4n) is 0.893. The van der Waals surface area contributed by atoms with Gasteiger partial charge in [-0.05, 0) is 17.6 Å². The third-order valence-electron chi connectivity index (χ3n) is 1.52. The largest absolute Gasteiger partial charge is 0.491 e. The van der Waals surface area contributed by atoms with Gasteiger partial charge in [-0.25, -0.2) is 4.39 Å². The Kier molecular flexibility index (Phi) is 3.73. The van der Waals surface area contributed by atoms with Gasteiger partial charge in [0.2, 0.25) is 0 Å². The van der Waals surface area contributed by atoms with Gasteiger partial charge in [-0.1, -0.05) is 12.1 Å². The molecule has 0 unspecified atom stereocenters. The van der Waals surface area contributed by atoms with Crippen LogP contribution in [0, 0.1) is 0 Å². The maximum absolute atomic E-state index is 11.7. The molecule has 0 saturated heterocycles. The van der Waals surface area contributed by atoms with Crippen molar-refractivity contribution in [2.45, 2.75) is 0 Å². The van der Waals surface area contributed by atoms with Crippen LogP contribution in [-0.4, -0.2) is 30.4 Å². The normalized spacial score (nSPS) is 9.77. The molecule has 1 aromatic carbocycles. The van der Waals surface area contributed by atoms with Crippen molar-refractivity contribution >= 4 is 12.6 Å². The summed E-state index contributed by atoms with van der Waals surface area (Å²) in [5, 5.41) is 17.5. The van der Waals surface area contributed by atoms with E-state index in [2.05, 4.69) is 0 Å². The molecule has 5 heteroatoms. The SMILES string of the molecule is OB(O)c1ccc(OCCF)cc1. The molecule has 0 aromatic heterocycles. The molecule has 13 heavy (non-hydrogen) atoms. The molecule has 1 rings (SSSR count). The van der Waals surface area contributed by atoms with Gasteiger partial charge in [0.25, 0.3) is 0 Å². The Hall–Kier alpha value is -1.07. The first-order valence-electron chi connectivity index (χ1n) is 3.89. The second kappa shape index (κ2) is 4.84. The summed E-state index contributed by atoms with van der Waals surface area (Å²) in [6, 6.07) is 6.14. The van der Waals surface area contributed by atoms with Crippen LogP contribution in [0.15, 0.2) is 24.3 Å². The molecule has 0 heterocycles. The Morgan fingerprint density at radius 1 is 1.23 bits per heavy atom. The van der Waals surface area contributed by atoms with Gasteiger partial charge in [-0.2, -0.15) is 0 Å². The number of halogens is 1. The van der Waals surface area contributed by atoms with Gasteiger partial charge in [0, 0.05) is 0 Å². The molecular formula is C8H10BFO3. The fraction of sp³-hybridized carbons (Fsp3) is 0.250. The lowest BCUT2D eigenvalue weighted by Crippen LogP contribution is -2.29. The summed E-state index contributed by atoms with van der Waals surface area (Å²) in [4.78, 5) is 0. The van der Waals surface area contributed by atoms with Crippen LogP contribution in [0.5, 0.6) is 5.75 Å². The Bertz CT molecular complexity index is 250. The minimum Gasteiger partial charge on any atom is -0.491 e. The molecule has 0 fully saturated rings. The standard InChI is InChI=1S/C8H10BFO3/c10-5-6-13-8-3-1-7(2-4-8)9(11)12/h1-4,11-12H,5-6H2. The number of rotatable bonds is 4. The van der Waals surface area contributed by atoms with Crippen LogP contribution in [0.4, 0.5) is 4.39 Å². The molecule has 1 aromatic rings. The monoisotopic (exact) mass is 184 g/mol. The third-order valence-corrected chi connectivity index (χ3v) is 1.52. The molecule has 0 amide bonds. The predicted octanol–water partition coefficient (Wildman–Crippen LogP) is -0.285. The highest BCUT2D eigenvalue weighted by atomic mass is 19.1. The number of hydrogen-bond acceptors (Lipinski definition) is 3. The number of alkyl halides is 1. The highest BCUT2D eigenvalue weighted by molar-refractivity contribution is 6.58. The van der Waals surface area contributed by atoms with Crippen LogP contribution >= 0.6 is 0 Å². The van der Waals surface area contributed by atoms with Crippen molar-refractivity contribution in [1.82, 2.24) is 0 Å². The summed E-state index contributed by atoms with van der Waals surface area (Å²) in [6.45, 7) is -0.522. The van der Waals surface area contributed by atoms with E-state index in [1.165, 1.54) is 12.1 Å². The zero-order valence-electron chi connectivity index (χ0n) is 6.98. The zero-order chi connectivity index (χ0) is 9.68. The summed E-state index contributed by atoms with van der Waals surface area (Å²) in [5.74, 6) is 0.516. The van der Waals surface area contributed by atoms with E-state index in [9.17, 15) is 4.39 Å². The van der Waals surface area contributed by atoms with E-state index < -0.39 is 13.8 Å². The molecule has 0 saturated carbocycles. The quantitative estimate of drug-likeness (QED) is 0.632. The summed E-state index contributed by atoms with van der Waals surface area (Å²) >= 11 is 0. The number of benzene rings is 1. The van der Waals surface area contributed by atoms with Crippen molar-refractivity contribution in [3.63, 3.8) is 0 Å². The van der Waals surface area contributed by atoms with Crippen LogP contribution in [0.1, 0.15) is 0 Å². The van der Waals surface area contributed by atoms with Crippen LogP contribution in [0.3, 0.4) is 0 Å². The molecule has 0 atom stereocenters. The Balaban J connectivity index is 2.59. The molecule has 0 bridgehead atoms. The van der Waals surface area contributed by atoms with Gasteiger partial charge >= 0.3 is 7.12 Å². The molecule has 0 spiro atoms. The van der Waals surface area contributed by atoms with Gasteiger partial charge in [0.05, 0.1) is 0 Å². The lowest BCUT2D eigenvalue weighted by atomic mass is 9.80. The lowest BCUT2D eigenvalue weighted by molar-refractivity contribution is 0.273. The lowest BCUT2D eigenvalue weighted by Gasteiger charge is -2.04. The molecule has 0 aliphatic carbocycles. The van der Waals surface area contributed by atoms with Crippen molar-refractivity contribution in [2.24, 2.45) is 0 Å². The minimum atomic E-state index is -1.48. The average Bonchev–Trinajstić information content (AvgIpc) is 2.15. The van der Waals surface area contributed by atoms with Gasteiger partial charge < -0.3 is 14.8 Å². The Morgan fingerprint density at radius 3 is 2.31 bits per heavy atom. The molecule has 2 N–H and O–H groups in total. The molecule has 0 aliphatic heterocycles. The van der Waals surface area contributed by atoms with Crippen LogP contribution in [-0.2, 0) is 0 Å². The maximum Gasteiger partial charge on any atom is 0.488 e. The molecular weight excluding hydrogens is 174 g/mol. The fourth-order valence-corrected chi connectivity index (χ4v) is 0.893. The average molecular weight is 184 g/mol. The highest BCUT2D eigenvalue weighted by Crippen LogP contribution is 2.07. The maximum atomic E-state index is 11.7. The molecule has 0 radical (unpaired) electrons. The first kappa shape index (κ1) is 10.0. The number of ether oxygens (including phenoxy) is 1. The van der Waals surface area contributed by atoms with Crippen molar-refractivity contribution in [3.8, 4) is 5.75 Å².